The van der Waals surface area contributed by atoms with Crippen molar-refractivity contribution in [2.75, 3.05) is 5.32 Å². The summed E-state index contributed by atoms with van der Waals surface area (Å²) in [4.78, 5) is 24.9. The quantitative estimate of drug-likeness (QED) is 0.757. The van der Waals surface area contributed by atoms with Gasteiger partial charge in [-0.2, -0.15) is 0 Å². The molecule has 0 bridgehead atoms. The van der Waals surface area contributed by atoms with Crippen molar-refractivity contribution in [2.24, 2.45) is 0 Å². The maximum Gasteiger partial charge on any atom is 0.319 e. The molecule has 1 heterocycles. The van der Waals surface area contributed by atoms with Crippen molar-refractivity contribution in [3.05, 3.63) is 75.4 Å². The van der Waals surface area contributed by atoms with Crippen LogP contribution >= 0.6 is 11.6 Å². The van der Waals surface area contributed by atoms with Crippen LogP contribution in [0.4, 0.5) is 10.5 Å². The normalized spacial score (nSPS) is 16.8. The monoisotopic (exact) mass is 369 g/mol. The van der Waals surface area contributed by atoms with Gasteiger partial charge in [0.1, 0.15) is 0 Å². The van der Waals surface area contributed by atoms with Crippen molar-refractivity contribution < 1.29 is 9.59 Å². The minimum Gasteiger partial charge on any atom is -0.327 e. The summed E-state index contributed by atoms with van der Waals surface area (Å²) < 4.78 is 0. The van der Waals surface area contributed by atoms with Gasteiger partial charge in [0.05, 0.1) is 11.6 Å². The number of amides is 3. The lowest BCUT2D eigenvalue weighted by atomic mass is 9.94. The van der Waals surface area contributed by atoms with E-state index < -0.39 is 6.04 Å². The standard InChI is InChI=1S/C20H20ClN3O2/c1-11-5-4-6-16(12(11)2)23-19(25)17-13(3)22-20(26)24-18(17)14-7-9-15(21)10-8-14/h4-10,18H,1-3H3,(H,23,25)(H2,22,24,26)/t18-/m1/s1. The van der Waals surface area contributed by atoms with Crippen LogP contribution in [0.5, 0.6) is 0 Å². The highest BCUT2D eigenvalue weighted by Gasteiger charge is 2.31. The lowest BCUT2D eigenvalue weighted by molar-refractivity contribution is -0.113. The van der Waals surface area contributed by atoms with Gasteiger partial charge in [-0.15, -0.1) is 0 Å². The van der Waals surface area contributed by atoms with Crippen molar-refractivity contribution in [3.8, 4) is 0 Å². The maximum absolute atomic E-state index is 13.0. The number of carbonyl (C=O) groups is 2. The zero-order valence-corrected chi connectivity index (χ0v) is 15.6. The van der Waals surface area contributed by atoms with Crippen molar-refractivity contribution in [2.45, 2.75) is 26.8 Å². The Labute approximate surface area is 157 Å². The molecule has 3 amide bonds. The number of anilines is 1. The first kappa shape index (κ1) is 18.0. The van der Waals surface area contributed by atoms with E-state index in [1.165, 1.54) is 0 Å². The molecule has 0 radical (unpaired) electrons. The van der Waals surface area contributed by atoms with Crippen molar-refractivity contribution >= 4 is 29.2 Å². The van der Waals surface area contributed by atoms with E-state index in [1.54, 1.807) is 31.2 Å². The van der Waals surface area contributed by atoms with Crippen LogP contribution in [0.25, 0.3) is 0 Å². The molecule has 3 rings (SSSR count). The van der Waals surface area contributed by atoms with Crippen LogP contribution in [-0.4, -0.2) is 11.9 Å². The van der Waals surface area contributed by atoms with E-state index >= 15 is 0 Å². The first-order valence-electron chi connectivity index (χ1n) is 8.28. The molecule has 1 aliphatic rings. The summed E-state index contributed by atoms with van der Waals surface area (Å²) >= 11 is 5.96. The minimum atomic E-state index is -0.550. The van der Waals surface area contributed by atoms with Gasteiger partial charge in [0, 0.05) is 16.4 Å². The van der Waals surface area contributed by atoms with Crippen LogP contribution in [0, 0.1) is 13.8 Å². The Bertz CT molecular complexity index is 904. The van der Waals surface area contributed by atoms with Crippen molar-refractivity contribution in [3.63, 3.8) is 0 Å². The average Bonchev–Trinajstić information content (AvgIpc) is 2.59. The molecule has 1 atom stereocenters. The van der Waals surface area contributed by atoms with E-state index in [2.05, 4.69) is 16.0 Å². The molecule has 5 nitrogen and oxygen atoms in total. The molecule has 6 heteroatoms. The molecule has 1 aliphatic heterocycles. The number of urea groups is 1. The number of rotatable bonds is 3. The molecule has 0 saturated heterocycles. The van der Waals surface area contributed by atoms with E-state index in [0.29, 0.717) is 16.3 Å². The number of hydrogen-bond acceptors (Lipinski definition) is 2. The van der Waals surface area contributed by atoms with Gasteiger partial charge in [-0.05, 0) is 55.7 Å². The second kappa shape index (κ2) is 7.22. The predicted molar refractivity (Wildman–Crippen MR) is 103 cm³/mol. The topological polar surface area (TPSA) is 70.2 Å². The van der Waals surface area contributed by atoms with Crippen molar-refractivity contribution in [1.29, 1.82) is 0 Å². The molecule has 2 aromatic carbocycles. The largest absolute Gasteiger partial charge is 0.327 e. The molecule has 0 aromatic heterocycles. The molecule has 134 valence electrons. The van der Waals surface area contributed by atoms with Crippen LogP contribution in [0.1, 0.15) is 29.7 Å². The zero-order chi connectivity index (χ0) is 18.8. The molecule has 0 fully saturated rings. The van der Waals surface area contributed by atoms with Gasteiger partial charge < -0.3 is 16.0 Å². The van der Waals surface area contributed by atoms with Crippen LogP contribution in [0.15, 0.2) is 53.7 Å². The summed E-state index contributed by atoms with van der Waals surface area (Å²) in [6.07, 6.45) is 0. The Balaban J connectivity index is 1.96. The van der Waals surface area contributed by atoms with E-state index in [1.807, 2.05) is 32.0 Å². The molecular formula is C20H20ClN3O2. The average molecular weight is 370 g/mol. The molecule has 2 aromatic rings. The molecular weight excluding hydrogens is 350 g/mol. The number of hydrogen-bond donors (Lipinski definition) is 3. The number of benzene rings is 2. The van der Waals surface area contributed by atoms with E-state index in [-0.39, 0.29) is 11.9 Å². The minimum absolute atomic E-state index is 0.261. The first-order valence-corrected chi connectivity index (χ1v) is 8.66. The summed E-state index contributed by atoms with van der Waals surface area (Å²) in [5.41, 5.74) is 4.63. The second-order valence-corrected chi connectivity index (χ2v) is 6.76. The summed E-state index contributed by atoms with van der Waals surface area (Å²) in [7, 11) is 0. The van der Waals surface area contributed by atoms with Crippen LogP contribution in [0.3, 0.4) is 0 Å². The van der Waals surface area contributed by atoms with Crippen LogP contribution in [0.2, 0.25) is 5.02 Å². The Morgan fingerprint density at radius 1 is 1.08 bits per heavy atom. The number of nitrogens with one attached hydrogen (secondary N) is 3. The highest BCUT2D eigenvalue weighted by atomic mass is 35.5. The molecule has 3 N–H and O–H groups in total. The summed E-state index contributed by atoms with van der Waals surface area (Å²) in [5.74, 6) is -0.261. The Hall–Kier alpha value is -2.79. The lowest BCUT2D eigenvalue weighted by Gasteiger charge is -2.29. The van der Waals surface area contributed by atoms with Crippen LogP contribution < -0.4 is 16.0 Å². The molecule has 0 unspecified atom stereocenters. The Morgan fingerprint density at radius 3 is 2.46 bits per heavy atom. The highest BCUT2D eigenvalue weighted by molar-refractivity contribution is 6.30. The van der Waals surface area contributed by atoms with Gasteiger partial charge in [-0.3, -0.25) is 4.79 Å². The molecule has 0 aliphatic carbocycles. The third-order valence-corrected chi connectivity index (χ3v) is 4.82. The number of halogens is 1. The summed E-state index contributed by atoms with van der Waals surface area (Å²) in [6.45, 7) is 5.68. The fraction of sp³-hybridized carbons (Fsp3) is 0.200. The SMILES string of the molecule is CC1=C(C(=O)Nc2cccc(C)c2C)[C@@H](c2ccc(Cl)cc2)NC(=O)N1. The molecule has 26 heavy (non-hydrogen) atoms. The zero-order valence-electron chi connectivity index (χ0n) is 14.8. The number of carbonyl (C=O) groups excluding carboxylic acids is 2. The Kier molecular flexibility index (Phi) is 5.00. The lowest BCUT2D eigenvalue weighted by Crippen LogP contribution is -2.46. The number of allylic oxidation sites excluding steroid dienone is 1. The fourth-order valence-corrected chi connectivity index (χ4v) is 3.10. The van der Waals surface area contributed by atoms with Gasteiger partial charge in [0.25, 0.3) is 5.91 Å². The third-order valence-electron chi connectivity index (χ3n) is 4.57. The van der Waals surface area contributed by atoms with Gasteiger partial charge in [-0.25, -0.2) is 4.79 Å². The second-order valence-electron chi connectivity index (χ2n) is 6.32. The van der Waals surface area contributed by atoms with Crippen molar-refractivity contribution in [1.82, 2.24) is 10.6 Å². The molecule has 0 saturated carbocycles. The van der Waals surface area contributed by atoms with Gasteiger partial charge in [0.15, 0.2) is 0 Å². The van der Waals surface area contributed by atoms with E-state index in [4.69, 9.17) is 11.6 Å². The van der Waals surface area contributed by atoms with E-state index in [9.17, 15) is 9.59 Å². The molecule has 0 spiro atoms. The fourth-order valence-electron chi connectivity index (χ4n) is 2.98. The highest BCUT2D eigenvalue weighted by Crippen LogP contribution is 2.29. The number of aryl methyl sites for hydroxylation is 1. The predicted octanol–water partition coefficient (Wildman–Crippen LogP) is 4.22. The van der Waals surface area contributed by atoms with Gasteiger partial charge >= 0.3 is 6.03 Å². The Morgan fingerprint density at radius 2 is 1.77 bits per heavy atom. The summed E-state index contributed by atoms with van der Waals surface area (Å²) in [6, 6.07) is 11.9. The third kappa shape index (κ3) is 3.58. The smallest absolute Gasteiger partial charge is 0.319 e. The van der Waals surface area contributed by atoms with Gasteiger partial charge in [0.2, 0.25) is 0 Å². The first-order chi connectivity index (χ1) is 12.4. The van der Waals surface area contributed by atoms with Crippen LogP contribution in [-0.2, 0) is 4.79 Å². The maximum atomic E-state index is 13.0. The van der Waals surface area contributed by atoms with E-state index in [0.717, 1.165) is 22.4 Å². The van der Waals surface area contributed by atoms with Gasteiger partial charge in [-0.1, -0.05) is 35.9 Å². The summed E-state index contributed by atoms with van der Waals surface area (Å²) in [5, 5.41) is 9.05.